The Labute approximate surface area is 178 Å². The van der Waals surface area contributed by atoms with E-state index in [-0.39, 0.29) is 30.4 Å². The average Bonchev–Trinajstić information content (AvgIpc) is 3.66. The highest BCUT2D eigenvalue weighted by Gasteiger charge is 2.92. The Morgan fingerprint density at radius 1 is 0.897 bits per heavy atom. The summed E-state index contributed by atoms with van der Waals surface area (Å²) in [5.41, 5.74) is 0.991. The Bertz CT molecular complexity index is 871. The first-order valence-electron chi connectivity index (χ1n) is 10.8. The van der Waals surface area contributed by atoms with Crippen LogP contribution in [0.1, 0.15) is 5.56 Å². The maximum atomic E-state index is 13.3. The van der Waals surface area contributed by atoms with Gasteiger partial charge in [0.2, 0.25) is 0 Å². The topological polar surface area (TPSA) is 52.6 Å². The molecule has 0 amide bonds. The van der Waals surface area contributed by atoms with Crippen LogP contribution in [0.2, 0.25) is 0 Å². The van der Waals surface area contributed by atoms with Gasteiger partial charge in [0.1, 0.15) is 6.61 Å². The third-order valence-electron chi connectivity index (χ3n) is 8.90. The van der Waals surface area contributed by atoms with Crippen molar-refractivity contribution in [1.29, 1.82) is 0 Å². The van der Waals surface area contributed by atoms with Gasteiger partial charge in [-0.2, -0.15) is 0 Å². The molecule has 7 aliphatic carbocycles. The largest absolute Gasteiger partial charge is 0.469 e. The molecule has 1 saturated heterocycles. The van der Waals surface area contributed by atoms with Crippen molar-refractivity contribution < 1.29 is 19.1 Å². The molecule has 0 radical (unpaired) electrons. The molecule has 8 bridgehead atoms. The summed E-state index contributed by atoms with van der Waals surface area (Å²) in [5, 5.41) is 0. The molecule has 1 heterocycles. The Morgan fingerprint density at radius 3 is 2.00 bits per heavy atom. The number of hydrogen-bond donors (Lipinski definition) is 0. The highest BCUT2D eigenvalue weighted by molar-refractivity contribution is 8.21. The third kappa shape index (κ3) is 2.01. The first-order valence-corrected chi connectivity index (χ1v) is 12.7. The Hall–Kier alpha value is -1.14. The number of carbonyl (C=O) groups excluding carboxylic acids is 2. The van der Waals surface area contributed by atoms with Crippen LogP contribution in [0.5, 0.6) is 0 Å². The minimum Gasteiger partial charge on any atom is -0.469 e. The predicted molar refractivity (Wildman–Crippen MR) is 111 cm³/mol. The zero-order valence-corrected chi connectivity index (χ0v) is 17.9. The van der Waals surface area contributed by atoms with Crippen molar-refractivity contribution in [3.63, 3.8) is 0 Å². The first kappa shape index (κ1) is 17.5. The van der Waals surface area contributed by atoms with E-state index in [2.05, 4.69) is 23.5 Å². The van der Waals surface area contributed by atoms with Crippen molar-refractivity contribution in [3.8, 4) is 0 Å². The van der Waals surface area contributed by atoms with Crippen molar-refractivity contribution in [2.75, 3.05) is 18.6 Å². The van der Waals surface area contributed by atoms with Gasteiger partial charge in [0.15, 0.2) is 0 Å². The van der Waals surface area contributed by atoms with Gasteiger partial charge in [0, 0.05) is 11.5 Å². The van der Waals surface area contributed by atoms with E-state index < -0.39 is 0 Å². The number of esters is 2. The molecule has 6 unspecified atom stereocenters. The second kappa shape index (κ2) is 5.76. The highest BCUT2D eigenvalue weighted by Crippen LogP contribution is 2.93. The molecule has 0 aromatic heterocycles. The average molecular weight is 429 g/mol. The van der Waals surface area contributed by atoms with Crippen LogP contribution in [0.25, 0.3) is 0 Å². The summed E-state index contributed by atoms with van der Waals surface area (Å²) in [6.07, 6.45) is 0. The molecular formula is C23H24O4S2. The van der Waals surface area contributed by atoms with Crippen LogP contribution < -0.4 is 0 Å². The van der Waals surface area contributed by atoms with Gasteiger partial charge in [-0.15, -0.1) is 23.5 Å². The van der Waals surface area contributed by atoms with Crippen molar-refractivity contribution in [3.05, 3.63) is 35.9 Å². The molecule has 4 nitrogen and oxygen atoms in total. The molecule has 8 atom stereocenters. The van der Waals surface area contributed by atoms with Gasteiger partial charge in [0.25, 0.3) is 0 Å². The van der Waals surface area contributed by atoms with Gasteiger partial charge in [-0.05, 0) is 52.9 Å². The van der Waals surface area contributed by atoms with Crippen LogP contribution >= 0.6 is 23.5 Å². The van der Waals surface area contributed by atoms with E-state index in [9.17, 15) is 9.59 Å². The van der Waals surface area contributed by atoms with Gasteiger partial charge >= 0.3 is 11.9 Å². The van der Waals surface area contributed by atoms with E-state index in [0.717, 1.165) is 5.56 Å². The van der Waals surface area contributed by atoms with E-state index in [4.69, 9.17) is 9.47 Å². The lowest BCUT2D eigenvalue weighted by Gasteiger charge is -2.44. The minimum absolute atomic E-state index is 0.171. The minimum atomic E-state index is -0.303. The maximum absolute atomic E-state index is 13.3. The van der Waals surface area contributed by atoms with E-state index in [0.29, 0.717) is 51.4 Å². The summed E-state index contributed by atoms with van der Waals surface area (Å²) in [5.74, 6) is 6.20. The lowest BCUT2D eigenvalue weighted by atomic mass is 9.58. The summed E-state index contributed by atoms with van der Waals surface area (Å²) in [4.78, 5) is 26.2. The third-order valence-corrected chi connectivity index (χ3v) is 12.7. The van der Waals surface area contributed by atoms with Gasteiger partial charge in [-0.25, -0.2) is 0 Å². The van der Waals surface area contributed by atoms with Crippen molar-refractivity contribution in [2.24, 2.45) is 59.2 Å². The van der Waals surface area contributed by atoms with Gasteiger partial charge < -0.3 is 9.47 Å². The number of carbonyl (C=O) groups is 2. The smallest absolute Gasteiger partial charge is 0.310 e. The Kier molecular flexibility index (Phi) is 3.48. The molecule has 1 aromatic rings. The van der Waals surface area contributed by atoms with E-state index in [1.165, 1.54) is 18.6 Å². The van der Waals surface area contributed by atoms with Gasteiger partial charge in [-0.1, -0.05) is 30.3 Å². The zero-order chi connectivity index (χ0) is 19.5. The van der Waals surface area contributed by atoms with E-state index >= 15 is 0 Å². The number of rotatable bonds is 4. The monoisotopic (exact) mass is 428 g/mol. The molecule has 8 aliphatic rings. The van der Waals surface area contributed by atoms with Crippen molar-refractivity contribution in [1.82, 2.24) is 0 Å². The van der Waals surface area contributed by atoms with Crippen molar-refractivity contribution in [2.45, 2.75) is 10.7 Å². The van der Waals surface area contributed by atoms with Crippen LogP contribution in [-0.2, 0) is 25.7 Å². The second-order valence-electron chi connectivity index (χ2n) is 9.60. The summed E-state index contributed by atoms with van der Waals surface area (Å²) < 4.78 is 11.4. The predicted octanol–water partition coefficient (Wildman–Crippen LogP) is 3.31. The van der Waals surface area contributed by atoms with E-state index in [1.54, 1.807) is 0 Å². The summed E-state index contributed by atoms with van der Waals surface area (Å²) in [6, 6.07) is 9.81. The number of ether oxygens (including phenoxy) is 2. The van der Waals surface area contributed by atoms with Gasteiger partial charge in [-0.3, -0.25) is 9.59 Å². The molecule has 8 fully saturated rings. The fourth-order valence-electron chi connectivity index (χ4n) is 8.34. The molecule has 29 heavy (non-hydrogen) atoms. The normalized spacial score (nSPS) is 48.3. The Balaban J connectivity index is 1.21. The van der Waals surface area contributed by atoms with Crippen LogP contribution in [0.3, 0.4) is 0 Å². The molecule has 9 rings (SSSR count). The molecule has 1 aliphatic heterocycles. The molecule has 1 aromatic carbocycles. The standard InChI is InChI=1S/C23H24O4S2/c1-26-21(24)17-11-13-15-12(18(17)22(25)27-9-10-5-3-2-4-6-10)16-14(11)20(16)23(19(13)15)28-7-8-29-23/h2-6,11-20H,7-9H2,1H3/t11?,12?,13?,14?,15?,16?,17-,18+,19?,20?/m1/s1. The number of benzene rings is 1. The van der Waals surface area contributed by atoms with Gasteiger partial charge in [0.05, 0.1) is 23.0 Å². The molecule has 7 saturated carbocycles. The zero-order valence-electron chi connectivity index (χ0n) is 16.2. The quantitative estimate of drug-likeness (QED) is 0.686. The molecule has 1 spiro atoms. The maximum Gasteiger partial charge on any atom is 0.310 e. The van der Waals surface area contributed by atoms with Crippen LogP contribution in [0.4, 0.5) is 0 Å². The number of hydrogen-bond acceptors (Lipinski definition) is 6. The van der Waals surface area contributed by atoms with Crippen molar-refractivity contribution >= 4 is 35.5 Å². The number of fused-ring (bicyclic) bond motifs is 1. The summed E-state index contributed by atoms with van der Waals surface area (Å²) in [6.45, 7) is 0.284. The fraction of sp³-hybridized carbons (Fsp3) is 0.652. The second-order valence-corrected chi connectivity index (χ2v) is 12.6. The highest BCUT2D eigenvalue weighted by atomic mass is 32.2. The summed E-state index contributed by atoms with van der Waals surface area (Å²) >= 11 is 4.39. The lowest BCUT2D eigenvalue weighted by molar-refractivity contribution is -0.173. The SMILES string of the molecule is COC(=O)[C@@H]1C2C3C4C(C5C2C5C2(SCCS2)C34)[C@@H]1C(=O)OCc1ccccc1. The van der Waals surface area contributed by atoms with Crippen LogP contribution in [0, 0.1) is 59.2 Å². The number of thioether (sulfide) groups is 2. The number of methoxy groups -OCH3 is 1. The lowest BCUT2D eigenvalue weighted by Crippen LogP contribution is -2.51. The van der Waals surface area contributed by atoms with Crippen LogP contribution in [0.15, 0.2) is 30.3 Å². The van der Waals surface area contributed by atoms with Crippen LogP contribution in [-0.4, -0.2) is 34.6 Å². The molecule has 152 valence electrons. The fourth-order valence-corrected chi connectivity index (χ4v) is 12.5. The van der Waals surface area contributed by atoms with E-state index in [1.807, 2.05) is 30.3 Å². The summed E-state index contributed by atoms with van der Waals surface area (Å²) in [7, 11) is 1.47. The molecule has 0 N–H and O–H groups in total. The molecular weight excluding hydrogens is 404 g/mol. The Morgan fingerprint density at radius 2 is 1.45 bits per heavy atom. The first-order chi connectivity index (χ1) is 14.2. The molecule has 6 heteroatoms.